The lowest BCUT2D eigenvalue weighted by atomic mass is 10.0. The van der Waals surface area contributed by atoms with E-state index in [1.54, 1.807) is 67.6 Å². The van der Waals surface area contributed by atoms with Gasteiger partial charge in [-0.1, -0.05) is 48.5 Å². The summed E-state index contributed by atoms with van der Waals surface area (Å²) in [6, 6.07) is 19.4. The fourth-order valence-corrected chi connectivity index (χ4v) is 5.36. The van der Waals surface area contributed by atoms with Gasteiger partial charge in [-0.3, -0.25) is 14.0 Å². The molecule has 0 N–H and O–H groups in total. The number of amides is 1. The number of halogens is 3. The van der Waals surface area contributed by atoms with Crippen LogP contribution >= 0.6 is 0 Å². The lowest BCUT2D eigenvalue weighted by Gasteiger charge is -2.23. The van der Waals surface area contributed by atoms with Gasteiger partial charge in [0.15, 0.2) is 0 Å². The van der Waals surface area contributed by atoms with E-state index in [1.807, 2.05) is 0 Å². The Morgan fingerprint density at radius 1 is 0.971 bits per heavy atom. The maximum Gasteiger partial charge on any atom is 0.414 e. The molecule has 0 fully saturated rings. The van der Waals surface area contributed by atoms with Crippen molar-refractivity contribution in [2.75, 3.05) is 22.3 Å². The summed E-state index contributed by atoms with van der Waals surface area (Å²) in [5.74, 6) is -0.856. The number of para-hydroxylation sites is 1. The smallest absolute Gasteiger partial charge is 0.288 e. The molecule has 35 heavy (non-hydrogen) atoms. The van der Waals surface area contributed by atoms with Crippen LogP contribution in [0.2, 0.25) is 0 Å². The highest BCUT2D eigenvalue weighted by Crippen LogP contribution is 2.37. The lowest BCUT2D eigenvalue weighted by Crippen LogP contribution is -2.31. The van der Waals surface area contributed by atoms with E-state index in [2.05, 4.69) is 4.98 Å². The molecule has 0 saturated heterocycles. The quantitative estimate of drug-likeness (QED) is 0.469. The van der Waals surface area contributed by atoms with Crippen molar-refractivity contribution in [3.05, 3.63) is 95.7 Å². The first-order chi connectivity index (χ1) is 16.6. The fraction of sp³-hybridized carbons (Fsp3) is 0.200. The van der Waals surface area contributed by atoms with Gasteiger partial charge in [0, 0.05) is 24.7 Å². The van der Waals surface area contributed by atoms with E-state index in [9.17, 15) is 26.4 Å². The number of nitrogens with zero attached hydrogens (tertiary/aromatic N) is 3. The van der Waals surface area contributed by atoms with Crippen LogP contribution in [0.15, 0.2) is 95.0 Å². The second-order valence-corrected chi connectivity index (χ2v) is 9.73. The Morgan fingerprint density at radius 3 is 2.14 bits per heavy atom. The lowest BCUT2D eigenvalue weighted by molar-refractivity contribution is -0.115. The van der Waals surface area contributed by atoms with Crippen molar-refractivity contribution in [3.8, 4) is 0 Å². The highest BCUT2D eigenvalue weighted by atomic mass is 32.2. The van der Waals surface area contributed by atoms with E-state index in [1.165, 1.54) is 16.4 Å². The zero-order valence-electron chi connectivity index (χ0n) is 18.7. The Kier molecular flexibility index (Phi) is 6.66. The van der Waals surface area contributed by atoms with Crippen molar-refractivity contribution in [1.29, 1.82) is 0 Å². The zero-order valence-corrected chi connectivity index (χ0v) is 19.6. The van der Waals surface area contributed by atoms with Crippen molar-refractivity contribution in [2.45, 2.75) is 24.4 Å². The average molecular weight is 502 g/mol. The SMILES string of the molecule is CCN(c1ccccc1)S(=O)(=O)c1ccc(N2CC(C(F)(F)F)=C(Cc3ccccc3)C2=O)nc1. The van der Waals surface area contributed by atoms with Gasteiger partial charge in [0.25, 0.3) is 15.9 Å². The van der Waals surface area contributed by atoms with Crippen LogP contribution in [0.5, 0.6) is 0 Å². The van der Waals surface area contributed by atoms with Crippen LogP contribution in [-0.2, 0) is 21.2 Å². The molecule has 1 amide bonds. The third-order valence-electron chi connectivity index (χ3n) is 5.67. The van der Waals surface area contributed by atoms with Crippen LogP contribution in [0.4, 0.5) is 24.7 Å². The molecule has 2 aromatic carbocycles. The average Bonchev–Trinajstić information content (AvgIpc) is 3.17. The third-order valence-corrected chi connectivity index (χ3v) is 7.55. The predicted octanol–water partition coefficient (Wildman–Crippen LogP) is 4.75. The first-order valence-electron chi connectivity index (χ1n) is 10.8. The van der Waals surface area contributed by atoms with Gasteiger partial charge in [-0.25, -0.2) is 13.4 Å². The maximum atomic E-state index is 13.7. The standard InChI is InChI=1S/C25H22F3N3O3S/c1-2-31(19-11-7-4-8-12-19)35(33,34)20-13-14-23(29-16-20)30-17-22(25(26,27)28)21(24(30)32)15-18-9-5-3-6-10-18/h3-14,16H,2,15,17H2,1H3. The summed E-state index contributed by atoms with van der Waals surface area (Å²) >= 11 is 0. The molecule has 1 aliphatic rings. The van der Waals surface area contributed by atoms with Gasteiger partial charge in [-0.05, 0) is 36.8 Å². The van der Waals surface area contributed by atoms with Gasteiger partial charge in [0.2, 0.25) is 0 Å². The number of aromatic nitrogens is 1. The molecule has 6 nitrogen and oxygen atoms in total. The molecule has 4 rings (SSSR count). The molecule has 10 heteroatoms. The molecule has 1 aliphatic heterocycles. The molecule has 0 saturated carbocycles. The molecule has 1 aromatic heterocycles. The second kappa shape index (κ2) is 9.53. The summed E-state index contributed by atoms with van der Waals surface area (Å²) in [6.07, 6.45) is -3.79. The van der Waals surface area contributed by atoms with Crippen LogP contribution in [0.1, 0.15) is 12.5 Å². The number of hydrogen-bond donors (Lipinski definition) is 0. The van der Waals surface area contributed by atoms with Crippen molar-refractivity contribution in [3.63, 3.8) is 0 Å². The summed E-state index contributed by atoms with van der Waals surface area (Å²) < 4.78 is 68.7. The van der Waals surface area contributed by atoms with E-state index < -0.39 is 34.2 Å². The van der Waals surface area contributed by atoms with Crippen LogP contribution < -0.4 is 9.21 Å². The number of hydrogen-bond acceptors (Lipinski definition) is 4. The molecule has 182 valence electrons. The van der Waals surface area contributed by atoms with Gasteiger partial charge in [0.1, 0.15) is 10.7 Å². The number of pyridine rings is 1. The topological polar surface area (TPSA) is 70.6 Å². The zero-order chi connectivity index (χ0) is 25.2. The predicted molar refractivity (Wildman–Crippen MR) is 126 cm³/mol. The normalized spacial score (nSPS) is 14.5. The number of anilines is 2. The molecule has 0 spiro atoms. The van der Waals surface area contributed by atoms with Crippen LogP contribution in [0, 0.1) is 0 Å². The van der Waals surface area contributed by atoms with Gasteiger partial charge in [0.05, 0.1) is 17.8 Å². The number of rotatable bonds is 7. The summed E-state index contributed by atoms with van der Waals surface area (Å²) in [5.41, 5.74) is -0.220. The summed E-state index contributed by atoms with van der Waals surface area (Å²) in [5, 5.41) is 0. The fourth-order valence-electron chi connectivity index (χ4n) is 3.94. The second-order valence-electron chi connectivity index (χ2n) is 7.87. The minimum atomic E-state index is -4.69. The molecule has 0 atom stereocenters. The van der Waals surface area contributed by atoms with Crippen molar-refractivity contribution in [2.24, 2.45) is 0 Å². The van der Waals surface area contributed by atoms with Gasteiger partial charge in [-0.15, -0.1) is 0 Å². The Balaban J connectivity index is 1.61. The monoisotopic (exact) mass is 501 g/mol. The van der Waals surface area contributed by atoms with E-state index in [0.29, 0.717) is 11.3 Å². The van der Waals surface area contributed by atoms with E-state index in [4.69, 9.17) is 0 Å². The Hall–Kier alpha value is -3.66. The van der Waals surface area contributed by atoms with Crippen molar-refractivity contribution < 1.29 is 26.4 Å². The third kappa shape index (κ3) is 4.93. The Bertz CT molecular complexity index is 1340. The molecular formula is C25H22F3N3O3S. The molecular weight excluding hydrogens is 479 g/mol. The molecule has 0 unspecified atom stereocenters. The number of alkyl halides is 3. The Morgan fingerprint density at radius 2 is 1.60 bits per heavy atom. The number of carbonyl (C=O) groups is 1. The maximum absolute atomic E-state index is 13.7. The Labute approximate surface area is 201 Å². The number of sulfonamides is 1. The van der Waals surface area contributed by atoms with Crippen LogP contribution in [0.25, 0.3) is 0 Å². The minimum absolute atomic E-state index is 0.0541. The van der Waals surface area contributed by atoms with Crippen LogP contribution in [-0.4, -0.2) is 38.6 Å². The summed E-state index contributed by atoms with van der Waals surface area (Å²) in [7, 11) is -3.97. The molecule has 0 aliphatic carbocycles. The minimum Gasteiger partial charge on any atom is -0.288 e. The molecule has 2 heterocycles. The van der Waals surface area contributed by atoms with Gasteiger partial charge in [-0.2, -0.15) is 13.2 Å². The molecule has 3 aromatic rings. The molecule has 0 bridgehead atoms. The largest absolute Gasteiger partial charge is 0.414 e. The van der Waals surface area contributed by atoms with Gasteiger partial charge < -0.3 is 0 Å². The summed E-state index contributed by atoms with van der Waals surface area (Å²) in [4.78, 5) is 17.8. The highest BCUT2D eigenvalue weighted by Gasteiger charge is 2.45. The van der Waals surface area contributed by atoms with Crippen molar-refractivity contribution in [1.82, 2.24) is 4.98 Å². The first-order valence-corrected chi connectivity index (χ1v) is 12.3. The van der Waals surface area contributed by atoms with Crippen LogP contribution in [0.3, 0.4) is 0 Å². The number of benzene rings is 2. The summed E-state index contributed by atoms with van der Waals surface area (Å²) in [6.45, 7) is 1.17. The molecule has 0 radical (unpaired) electrons. The van der Waals surface area contributed by atoms with E-state index in [-0.39, 0.29) is 29.3 Å². The highest BCUT2D eigenvalue weighted by molar-refractivity contribution is 7.92. The first kappa shape index (κ1) is 24.5. The van der Waals surface area contributed by atoms with E-state index >= 15 is 0 Å². The number of carbonyl (C=O) groups excluding carboxylic acids is 1. The van der Waals surface area contributed by atoms with Gasteiger partial charge >= 0.3 is 6.18 Å². The van der Waals surface area contributed by atoms with Crippen molar-refractivity contribution >= 4 is 27.4 Å². The van der Waals surface area contributed by atoms with E-state index in [0.717, 1.165) is 11.1 Å².